The van der Waals surface area contributed by atoms with E-state index >= 15 is 0 Å². The Morgan fingerprint density at radius 1 is 1.59 bits per heavy atom. The van der Waals surface area contributed by atoms with Crippen molar-refractivity contribution in [2.45, 2.75) is 19.9 Å². The molecule has 0 aliphatic heterocycles. The van der Waals surface area contributed by atoms with E-state index in [-0.39, 0.29) is 12.5 Å². The van der Waals surface area contributed by atoms with E-state index in [1.807, 2.05) is 29.8 Å². The summed E-state index contributed by atoms with van der Waals surface area (Å²) in [5, 5.41) is 8.49. The SMILES string of the molecule is CCc1cc(-c2ccsc2)nn1CC(=O)OC. The maximum atomic E-state index is 11.3. The molecule has 4 nitrogen and oxygen atoms in total. The lowest BCUT2D eigenvalue weighted by Crippen LogP contribution is -2.14. The monoisotopic (exact) mass is 250 g/mol. The number of thiophene rings is 1. The second kappa shape index (κ2) is 5.14. The summed E-state index contributed by atoms with van der Waals surface area (Å²) in [5.41, 5.74) is 3.04. The molecule has 0 radical (unpaired) electrons. The lowest BCUT2D eigenvalue weighted by Gasteiger charge is -2.03. The normalized spacial score (nSPS) is 10.5. The molecular formula is C12H14N2O2S. The van der Waals surface area contributed by atoms with Crippen LogP contribution < -0.4 is 0 Å². The maximum absolute atomic E-state index is 11.3. The van der Waals surface area contributed by atoms with Crippen molar-refractivity contribution in [3.63, 3.8) is 0 Å². The van der Waals surface area contributed by atoms with Crippen molar-refractivity contribution in [2.24, 2.45) is 0 Å². The summed E-state index contributed by atoms with van der Waals surface area (Å²) in [4.78, 5) is 11.3. The molecule has 90 valence electrons. The van der Waals surface area contributed by atoms with E-state index in [1.54, 1.807) is 16.0 Å². The Bertz CT molecular complexity index is 503. The molecule has 2 heterocycles. The molecule has 0 spiro atoms. The fourth-order valence-electron chi connectivity index (χ4n) is 1.62. The minimum absolute atomic E-state index is 0.170. The highest BCUT2D eigenvalue weighted by atomic mass is 32.1. The Hall–Kier alpha value is -1.62. The largest absolute Gasteiger partial charge is 0.468 e. The van der Waals surface area contributed by atoms with E-state index in [1.165, 1.54) is 7.11 Å². The van der Waals surface area contributed by atoms with Crippen LogP contribution in [0.5, 0.6) is 0 Å². The number of aromatic nitrogens is 2. The van der Waals surface area contributed by atoms with E-state index in [9.17, 15) is 4.79 Å². The van der Waals surface area contributed by atoms with Gasteiger partial charge in [-0.1, -0.05) is 6.92 Å². The molecule has 0 unspecified atom stereocenters. The van der Waals surface area contributed by atoms with Crippen molar-refractivity contribution in [1.29, 1.82) is 0 Å². The zero-order valence-corrected chi connectivity index (χ0v) is 10.7. The number of methoxy groups -OCH3 is 1. The Morgan fingerprint density at radius 3 is 3.00 bits per heavy atom. The lowest BCUT2D eigenvalue weighted by molar-refractivity contribution is -0.141. The van der Waals surface area contributed by atoms with Crippen LogP contribution in [0.25, 0.3) is 11.3 Å². The predicted octanol–water partition coefficient (Wildman–Crippen LogP) is 2.35. The molecule has 0 aliphatic carbocycles. The molecule has 17 heavy (non-hydrogen) atoms. The second-order valence-corrected chi connectivity index (χ2v) is 4.40. The minimum Gasteiger partial charge on any atom is -0.468 e. The number of aryl methyl sites for hydroxylation is 1. The van der Waals surface area contributed by atoms with Gasteiger partial charge in [0.2, 0.25) is 0 Å². The summed E-state index contributed by atoms with van der Waals surface area (Å²) in [7, 11) is 1.39. The third kappa shape index (κ3) is 2.55. The molecule has 0 fully saturated rings. The van der Waals surface area contributed by atoms with E-state index in [0.29, 0.717) is 0 Å². The molecule has 0 aliphatic rings. The third-order valence-electron chi connectivity index (χ3n) is 2.55. The molecule has 2 aromatic rings. The van der Waals surface area contributed by atoms with Crippen molar-refractivity contribution in [3.8, 4) is 11.3 Å². The predicted molar refractivity (Wildman–Crippen MR) is 66.9 cm³/mol. The Labute approximate surface area is 104 Å². The van der Waals surface area contributed by atoms with Crippen molar-refractivity contribution in [2.75, 3.05) is 7.11 Å². The number of hydrogen-bond donors (Lipinski definition) is 0. The number of ether oxygens (including phenoxy) is 1. The van der Waals surface area contributed by atoms with Crippen LogP contribution >= 0.6 is 11.3 Å². The second-order valence-electron chi connectivity index (χ2n) is 3.62. The highest BCUT2D eigenvalue weighted by Crippen LogP contribution is 2.22. The lowest BCUT2D eigenvalue weighted by atomic mass is 10.2. The zero-order valence-electron chi connectivity index (χ0n) is 9.84. The summed E-state index contributed by atoms with van der Waals surface area (Å²) >= 11 is 1.63. The highest BCUT2D eigenvalue weighted by Gasteiger charge is 2.11. The zero-order chi connectivity index (χ0) is 12.3. The first kappa shape index (κ1) is 11.9. The van der Waals surface area contributed by atoms with Gasteiger partial charge in [0.15, 0.2) is 0 Å². The molecule has 0 saturated carbocycles. The van der Waals surface area contributed by atoms with E-state index in [2.05, 4.69) is 9.84 Å². The summed E-state index contributed by atoms with van der Waals surface area (Å²) in [5.74, 6) is -0.278. The molecule has 0 N–H and O–H groups in total. The van der Waals surface area contributed by atoms with Crippen molar-refractivity contribution in [3.05, 3.63) is 28.6 Å². The van der Waals surface area contributed by atoms with Gasteiger partial charge in [-0.25, -0.2) is 0 Å². The van der Waals surface area contributed by atoms with E-state index in [4.69, 9.17) is 0 Å². The molecular weight excluding hydrogens is 236 g/mol. The average molecular weight is 250 g/mol. The Balaban J connectivity index is 2.30. The van der Waals surface area contributed by atoms with Gasteiger partial charge in [0.25, 0.3) is 0 Å². The average Bonchev–Trinajstić information content (AvgIpc) is 2.96. The van der Waals surface area contributed by atoms with Gasteiger partial charge in [-0.05, 0) is 23.9 Å². The first-order chi connectivity index (χ1) is 8.24. The van der Waals surface area contributed by atoms with Crippen LogP contribution in [-0.2, 0) is 22.5 Å². The fourth-order valence-corrected chi connectivity index (χ4v) is 2.26. The van der Waals surface area contributed by atoms with Gasteiger partial charge in [-0.3, -0.25) is 9.48 Å². The van der Waals surface area contributed by atoms with Crippen LogP contribution in [0.1, 0.15) is 12.6 Å². The number of esters is 1. The Kier molecular flexibility index (Phi) is 3.58. The number of hydrogen-bond acceptors (Lipinski definition) is 4. The van der Waals surface area contributed by atoms with Crippen LogP contribution in [0.4, 0.5) is 0 Å². The van der Waals surface area contributed by atoms with E-state index < -0.39 is 0 Å². The third-order valence-corrected chi connectivity index (χ3v) is 3.23. The molecule has 5 heteroatoms. The first-order valence-corrected chi connectivity index (χ1v) is 6.35. The number of carbonyl (C=O) groups excluding carboxylic acids is 1. The molecule has 0 amide bonds. The molecule has 0 atom stereocenters. The molecule has 0 saturated heterocycles. The number of carbonyl (C=O) groups is 1. The van der Waals surface area contributed by atoms with Gasteiger partial charge in [-0.15, -0.1) is 0 Å². The smallest absolute Gasteiger partial charge is 0.327 e. The van der Waals surface area contributed by atoms with Gasteiger partial charge in [0, 0.05) is 16.6 Å². The molecule has 0 bridgehead atoms. The van der Waals surface area contributed by atoms with Gasteiger partial charge in [0.05, 0.1) is 12.8 Å². The topological polar surface area (TPSA) is 44.1 Å². The number of nitrogens with zero attached hydrogens (tertiary/aromatic N) is 2. The van der Waals surface area contributed by atoms with Crippen LogP contribution in [0.2, 0.25) is 0 Å². The summed E-state index contributed by atoms with van der Waals surface area (Å²) < 4.78 is 6.36. The Morgan fingerprint density at radius 2 is 2.41 bits per heavy atom. The first-order valence-electron chi connectivity index (χ1n) is 5.40. The minimum atomic E-state index is -0.278. The van der Waals surface area contributed by atoms with Gasteiger partial charge in [-0.2, -0.15) is 16.4 Å². The fraction of sp³-hybridized carbons (Fsp3) is 0.333. The van der Waals surface area contributed by atoms with Crippen LogP contribution in [0.15, 0.2) is 22.9 Å². The standard InChI is InChI=1S/C12H14N2O2S/c1-3-10-6-11(9-4-5-17-8-9)13-14(10)7-12(15)16-2/h4-6,8H,3,7H2,1-2H3. The summed E-state index contributed by atoms with van der Waals surface area (Å²) in [6.07, 6.45) is 0.841. The summed E-state index contributed by atoms with van der Waals surface area (Å²) in [6.45, 7) is 2.21. The van der Waals surface area contributed by atoms with Gasteiger partial charge >= 0.3 is 5.97 Å². The molecule has 0 aromatic carbocycles. The van der Waals surface area contributed by atoms with Crippen molar-refractivity contribution in [1.82, 2.24) is 9.78 Å². The highest BCUT2D eigenvalue weighted by molar-refractivity contribution is 7.08. The van der Waals surface area contributed by atoms with E-state index in [0.717, 1.165) is 23.4 Å². The maximum Gasteiger partial charge on any atom is 0.327 e. The summed E-state index contributed by atoms with van der Waals surface area (Å²) in [6, 6.07) is 4.04. The molecule has 2 rings (SSSR count). The van der Waals surface area contributed by atoms with Gasteiger partial charge in [0.1, 0.15) is 6.54 Å². The van der Waals surface area contributed by atoms with Gasteiger partial charge < -0.3 is 4.74 Å². The number of rotatable bonds is 4. The molecule has 2 aromatic heterocycles. The van der Waals surface area contributed by atoms with Crippen molar-refractivity contribution >= 4 is 17.3 Å². The quantitative estimate of drug-likeness (QED) is 0.782. The van der Waals surface area contributed by atoms with Crippen LogP contribution in [0, 0.1) is 0 Å². The van der Waals surface area contributed by atoms with Crippen molar-refractivity contribution < 1.29 is 9.53 Å². The van der Waals surface area contributed by atoms with Crippen LogP contribution in [-0.4, -0.2) is 22.9 Å². The van der Waals surface area contributed by atoms with Crippen LogP contribution in [0.3, 0.4) is 0 Å².